The number of ether oxygens (including phenoxy) is 1. The number of hydrogen-bond acceptors (Lipinski definition) is 2. The Morgan fingerprint density at radius 3 is 2.61 bits per heavy atom. The van der Waals surface area contributed by atoms with Gasteiger partial charge in [0.05, 0.1) is 27.8 Å². The van der Waals surface area contributed by atoms with Crippen molar-refractivity contribution in [3.8, 4) is 0 Å². The van der Waals surface area contributed by atoms with Gasteiger partial charge in [-0.25, -0.2) is 4.79 Å². The van der Waals surface area contributed by atoms with Crippen molar-refractivity contribution in [2.75, 3.05) is 6.54 Å². The molecule has 0 N–H and O–H groups in total. The van der Waals surface area contributed by atoms with Gasteiger partial charge in [0.25, 0.3) is 0 Å². The van der Waals surface area contributed by atoms with E-state index in [0.29, 0.717) is 29.7 Å². The molecule has 0 spiro atoms. The Bertz CT molecular complexity index is 796. The van der Waals surface area contributed by atoms with Crippen LogP contribution in [0.1, 0.15) is 26.5 Å². The number of aromatic nitrogens is 1. The monoisotopic (exact) mass is 466 g/mol. The van der Waals surface area contributed by atoms with Crippen LogP contribution in [0.2, 0.25) is 10.0 Å². The van der Waals surface area contributed by atoms with E-state index in [-0.39, 0.29) is 6.09 Å². The van der Waals surface area contributed by atoms with Crippen LogP contribution in [0.25, 0.3) is 10.9 Å². The van der Waals surface area contributed by atoms with Crippen molar-refractivity contribution in [2.45, 2.75) is 39.5 Å². The van der Waals surface area contributed by atoms with E-state index in [9.17, 15) is 4.79 Å². The summed E-state index contributed by atoms with van der Waals surface area (Å²) in [5, 5.41) is 2.19. The largest absolute Gasteiger partial charge is 0.444 e. The Balaban J connectivity index is 1.99. The second-order valence-corrected chi connectivity index (χ2v) is 8.44. The Morgan fingerprint density at radius 2 is 1.96 bits per heavy atom. The maximum Gasteiger partial charge on any atom is 0.410 e. The topological polar surface area (TPSA) is 34.5 Å². The first-order valence-corrected chi connectivity index (χ1v) is 9.15. The molecule has 4 nitrogen and oxygen atoms in total. The van der Waals surface area contributed by atoms with Crippen molar-refractivity contribution in [3.63, 3.8) is 0 Å². The van der Waals surface area contributed by atoms with E-state index in [2.05, 4.69) is 27.2 Å². The quantitative estimate of drug-likeness (QED) is 0.493. The van der Waals surface area contributed by atoms with E-state index < -0.39 is 5.60 Å². The van der Waals surface area contributed by atoms with Gasteiger partial charge in [0, 0.05) is 22.0 Å². The molecule has 7 heteroatoms. The molecule has 0 radical (unpaired) electrons. The van der Waals surface area contributed by atoms with Gasteiger partial charge in [0.2, 0.25) is 0 Å². The number of benzene rings is 1. The van der Waals surface area contributed by atoms with Crippen LogP contribution >= 0.6 is 45.8 Å². The number of amides is 1. The molecule has 2 heterocycles. The highest BCUT2D eigenvalue weighted by molar-refractivity contribution is 14.1. The minimum Gasteiger partial charge on any atom is -0.444 e. The first-order valence-electron chi connectivity index (χ1n) is 7.31. The number of rotatable bonds is 0. The molecule has 1 aromatic carbocycles. The number of nitrogens with zero attached hydrogens (tertiary/aromatic N) is 2. The normalized spacial score (nSPS) is 15.0. The van der Waals surface area contributed by atoms with Crippen molar-refractivity contribution in [2.24, 2.45) is 0 Å². The van der Waals surface area contributed by atoms with Crippen LogP contribution in [-0.2, 0) is 17.8 Å². The summed E-state index contributed by atoms with van der Waals surface area (Å²) < 4.78 is 8.74. The molecule has 0 aliphatic carbocycles. The van der Waals surface area contributed by atoms with Crippen LogP contribution in [0, 0.1) is 3.57 Å². The standard InChI is InChI=1S/C16H17Cl2IN2O2/c1-16(2,3)23-15(22)20-6-7-21-11(8-20)13(19)9-4-5-10(17)12(18)14(9)21/h4-5H,6-8H2,1-3H3. The zero-order valence-corrected chi connectivity index (χ0v) is 16.8. The molecular formula is C16H17Cl2IN2O2. The molecule has 0 unspecified atom stereocenters. The highest BCUT2D eigenvalue weighted by Crippen LogP contribution is 2.38. The second kappa shape index (κ2) is 6.01. The minimum atomic E-state index is -0.495. The van der Waals surface area contributed by atoms with Gasteiger partial charge in [-0.3, -0.25) is 0 Å². The molecule has 0 saturated heterocycles. The van der Waals surface area contributed by atoms with Crippen LogP contribution in [0.4, 0.5) is 4.79 Å². The van der Waals surface area contributed by atoms with Gasteiger partial charge in [-0.05, 0) is 49.4 Å². The Labute approximate surface area is 158 Å². The van der Waals surface area contributed by atoms with Crippen molar-refractivity contribution >= 4 is 62.8 Å². The van der Waals surface area contributed by atoms with E-state index in [1.807, 2.05) is 32.9 Å². The summed E-state index contributed by atoms with van der Waals surface area (Å²) in [6.45, 7) is 7.39. The number of halogens is 3. The van der Waals surface area contributed by atoms with Crippen LogP contribution in [0.5, 0.6) is 0 Å². The molecule has 1 aliphatic rings. The van der Waals surface area contributed by atoms with Gasteiger partial charge >= 0.3 is 6.09 Å². The van der Waals surface area contributed by atoms with Crippen LogP contribution in [0.15, 0.2) is 12.1 Å². The van der Waals surface area contributed by atoms with E-state index in [4.69, 9.17) is 27.9 Å². The zero-order valence-electron chi connectivity index (χ0n) is 13.1. The summed E-state index contributed by atoms with van der Waals surface area (Å²) in [4.78, 5) is 14.0. The third-order valence-electron chi connectivity index (χ3n) is 3.74. The van der Waals surface area contributed by atoms with Crippen molar-refractivity contribution < 1.29 is 9.53 Å². The van der Waals surface area contributed by atoms with Gasteiger partial charge in [-0.15, -0.1) is 0 Å². The third-order valence-corrected chi connectivity index (χ3v) is 5.74. The molecule has 0 atom stereocenters. The van der Waals surface area contributed by atoms with Crippen LogP contribution in [-0.4, -0.2) is 27.7 Å². The van der Waals surface area contributed by atoms with Crippen molar-refractivity contribution in [1.29, 1.82) is 0 Å². The third kappa shape index (κ3) is 3.15. The maximum absolute atomic E-state index is 12.3. The summed E-state index contributed by atoms with van der Waals surface area (Å²) >= 11 is 14.9. The second-order valence-electron chi connectivity index (χ2n) is 6.57. The SMILES string of the molecule is CC(C)(C)OC(=O)N1CCn2c(c(I)c3ccc(Cl)c(Cl)c32)C1. The molecular weight excluding hydrogens is 450 g/mol. The number of carbonyl (C=O) groups excluding carboxylic acids is 1. The van der Waals surface area contributed by atoms with Gasteiger partial charge in [0.15, 0.2) is 0 Å². The average molecular weight is 467 g/mol. The van der Waals surface area contributed by atoms with E-state index in [0.717, 1.165) is 20.2 Å². The molecule has 0 saturated carbocycles. The molecule has 124 valence electrons. The highest BCUT2D eigenvalue weighted by Gasteiger charge is 2.29. The predicted octanol–water partition coefficient (Wildman–Crippen LogP) is 5.30. The number of fused-ring (bicyclic) bond motifs is 3. The molecule has 2 aromatic rings. The van der Waals surface area contributed by atoms with E-state index in [1.165, 1.54) is 0 Å². The lowest BCUT2D eigenvalue weighted by Gasteiger charge is -2.31. The van der Waals surface area contributed by atoms with Gasteiger partial charge in [-0.2, -0.15) is 0 Å². The summed E-state index contributed by atoms with van der Waals surface area (Å²) in [5.74, 6) is 0. The van der Waals surface area contributed by atoms with Gasteiger partial charge in [0.1, 0.15) is 5.60 Å². The Kier molecular flexibility index (Phi) is 4.48. The maximum atomic E-state index is 12.3. The lowest BCUT2D eigenvalue weighted by molar-refractivity contribution is 0.0200. The highest BCUT2D eigenvalue weighted by atomic mass is 127. The zero-order chi connectivity index (χ0) is 16.9. The van der Waals surface area contributed by atoms with Crippen LogP contribution in [0.3, 0.4) is 0 Å². The number of carbonyl (C=O) groups is 1. The molecule has 0 fully saturated rings. The molecule has 23 heavy (non-hydrogen) atoms. The molecule has 1 amide bonds. The van der Waals surface area contributed by atoms with Gasteiger partial charge in [-0.1, -0.05) is 29.3 Å². The predicted molar refractivity (Wildman–Crippen MR) is 101 cm³/mol. The number of hydrogen-bond donors (Lipinski definition) is 0. The Morgan fingerprint density at radius 1 is 1.26 bits per heavy atom. The van der Waals surface area contributed by atoms with E-state index >= 15 is 0 Å². The minimum absolute atomic E-state index is 0.283. The van der Waals surface area contributed by atoms with Crippen molar-refractivity contribution in [3.05, 3.63) is 31.4 Å². The van der Waals surface area contributed by atoms with Crippen molar-refractivity contribution in [1.82, 2.24) is 9.47 Å². The summed E-state index contributed by atoms with van der Waals surface area (Å²) in [6, 6.07) is 3.79. The molecule has 0 bridgehead atoms. The first kappa shape index (κ1) is 17.2. The van der Waals surface area contributed by atoms with Gasteiger partial charge < -0.3 is 14.2 Å². The molecule has 1 aromatic heterocycles. The fraction of sp³-hybridized carbons (Fsp3) is 0.438. The lowest BCUT2D eigenvalue weighted by Crippen LogP contribution is -2.41. The lowest BCUT2D eigenvalue weighted by atomic mass is 10.2. The van der Waals surface area contributed by atoms with Crippen LogP contribution < -0.4 is 0 Å². The van der Waals surface area contributed by atoms with E-state index in [1.54, 1.807) is 4.90 Å². The fourth-order valence-corrected chi connectivity index (χ4v) is 4.07. The smallest absolute Gasteiger partial charge is 0.410 e. The summed E-state index contributed by atoms with van der Waals surface area (Å²) in [7, 11) is 0. The average Bonchev–Trinajstić information content (AvgIpc) is 2.74. The summed E-state index contributed by atoms with van der Waals surface area (Å²) in [5.41, 5.74) is 1.52. The summed E-state index contributed by atoms with van der Waals surface area (Å²) in [6.07, 6.45) is -0.283. The molecule has 1 aliphatic heterocycles. The fourth-order valence-electron chi connectivity index (χ4n) is 2.75. The first-order chi connectivity index (χ1) is 10.7. The Hall–Kier alpha value is -0.660. The molecule has 3 rings (SSSR count).